The average molecular weight is 273 g/mol. The standard InChI is InChI=1S/C16H13F2NO/c1-20-15-2-3-16-12(8-15)4-5-19(16)10-11-6-13(17)9-14(18)7-11/h2-9H,10H2,1H3. The van der Waals surface area contributed by atoms with E-state index in [9.17, 15) is 8.78 Å². The molecular weight excluding hydrogens is 260 g/mol. The van der Waals surface area contributed by atoms with Crippen molar-refractivity contribution >= 4 is 10.9 Å². The van der Waals surface area contributed by atoms with Crippen molar-refractivity contribution in [3.05, 3.63) is 65.9 Å². The Kier molecular flexibility index (Phi) is 3.14. The van der Waals surface area contributed by atoms with Gasteiger partial charge in [0.15, 0.2) is 0 Å². The number of benzene rings is 2. The molecule has 1 heterocycles. The lowest BCUT2D eigenvalue weighted by molar-refractivity contribution is 0.415. The zero-order chi connectivity index (χ0) is 14.1. The predicted molar refractivity (Wildman–Crippen MR) is 74.0 cm³/mol. The van der Waals surface area contributed by atoms with Crippen LogP contribution < -0.4 is 4.74 Å². The third-order valence-corrected chi connectivity index (χ3v) is 3.25. The van der Waals surface area contributed by atoms with E-state index in [-0.39, 0.29) is 0 Å². The quantitative estimate of drug-likeness (QED) is 0.704. The van der Waals surface area contributed by atoms with Gasteiger partial charge in [0, 0.05) is 29.7 Å². The molecule has 0 aliphatic carbocycles. The maximum Gasteiger partial charge on any atom is 0.126 e. The number of rotatable bonds is 3. The van der Waals surface area contributed by atoms with Crippen LogP contribution in [0.4, 0.5) is 8.78 Å². The van der Waals surface area contributed by atoms with Crippen molar-refractivity contribution in [1.82, 2.24) is 4.57 Å². The highest BCUT2D eigenvalue weighted by atomic mass is 19.1. The van der Waals surface area contributed by atoms with Crippen LogP contribution in [-0.2, 0) is 6.54 Å². The fourth-order valence-corrected chi connectivity index (χ4v) is 2.34. The van der Waals surface area contributed by atoms with Crippen molar-refractivity contribution in [2.24, 2.45) is 0 Å². The Labute approximate surface area is 115 Å². The lowest BCUT2D eigenvalue weighted by atomic mass is 10.2. The van der Waals surface area contributed by atoms with E-state index < -0.39 is 11.6 Å². The number of hydrogen-bond acceptors (Lipinski definition) is 1. The maximum absolute atomic E-state index is 13.2. The fraction of sp³-hybridized carbons (Fsp3) is 0.125. The van der Waals surface area contributed by atoms with Gasteiger partial charge in [-0.25, -0.2) is 8.78 Å². The summed E-state index contributed by atoms with van der Waals surface area (Å²) in [5, 5.41) is 1.03. The number of hydrogen-bond donors (Lipinski definition) is 0. The molecular formula is C16H13F2NO. The Morgan fingerprint density at radius 2 is 1.75 bits per heavy atom. The van der Waals surface area contributed by atoms with E-state index in [4.69, 9.17) is 4.74 Å². The van der Waals surface area contributed by atoms with Gasteiger partial charge >= 0.3 is 0 Å². The maximum atomic E-state index is 13.2. The van der Waals surface area contributed by atoms with Crippen LogP contribution in [0.2, 0.25) is 0 Å². The van der Waals surface area contributed by atoms with E-state index in [2.05, 4.69) is 0 Å². The topological polar surface area (TPSA) is 14.2 Å². The molecule has 3 rings (SSSR count). The minimum Gasteiger partial charge on any atom is -0.497 e. The minimum atomic E-state index is -0.557. The first-order valence-corrected chi connectivity index (χ1v) is 6.23. The van der Waals surface area contributed by atoms with Crippen molar-refractivity contribution in [2.75, 3.05) is 7.11 Å². The molecule has 20 heavy (non-hydrogen) atoms. The van der Waals surface area contributed by atoms with E-state index in [1.165, 1.54) is 12.1 Å². The van der Waals surface area contributed by atoms with Gasteiger partial charge in [-0.1, -0.05) is 0 Å². The number of nitrogens with zero attached hydrogens (tertiary/aromatic N) is 1. The van der Waals surface area contributed by atoms with E-state index >= 15 is 0 Å². The molecule has 0 atom stereocenters. The fourth-order valence-electron chi connectivity index (χ4n) is 2.34. The van der Waals surface area contributed by atoms with E-state index in [0.29, 0.717) is 12.1 Å². The SMILES string of the molecule is COc1ccc2c(ccn2Cc2cc(F)cc(F)c2)c1. The first-order chi connectivity index (χ1) is 9.65. The van der Waals surface area contributed by atoms with Crippen LogP contribution >= 0.6 is 0 Å². The summed E-state index contributed by atoms with van der Waals surface area (Å²) < 4.78 is 33.5. The molecule has 0 amide bonds. The second kappa shape index (κ2) is 4.96. The Balaban J connectivity index is 1.98. The first kappa shape index (κ1) is 12.7. The van der Waals surface area contributed by atoms with Crippen LogP contribution in [0.1, 0.15) is 5.56 Å². The van der Waals surface area contributed by atoms with Crippen molar-refractivity contribution in [1.29, 1.82) is 0 Å². The number of fused-ring (bicyclic) bond motifs is 1. The minimum absolute atomic E-state index is 0.421. The number of aromatic nitrogens is 1. The normalized spacial score (nSPS) is 10.9. The highest BCUT2D eigenvalue weighted by molar-refractivity contribution is 5.81. The summed E-state index contributed by atoms with van der Waals surface area (Å²) in [5.74, 6) is -0.330. The van der Waals surface area contributed by atoms with Crippen LogP contribution in [0.25, 0.3) is 10.9 Å². The van der Waals surface area contributed by atoms with Gasteiger partial charge in [-0.05, 0) is 42.0 Å². The van der Waals surface area contributed by atoms with Gasteiger partial charge in [0.05, 0.1) is 7.11 Å². The average Bonchev–Trinajstić information content (AvgIpc) is 2.80. The molecule has 2 nitrogen and oxygen atoms in total. The van der Waals surface area contributed by atoms with Gasteiger partial charge < -0.3 is 9.30 Å². The summed E-state index contributed by atoms with van der Waals surface area (Å²) in [6.07, 6.45) is 1.90. The van der Waals surface area contributed by atoms with Gasteiger partial charge in [-0.2, -0.15) is 0 Å². The van der Waals surface area contributed by atoms with Crippen molar-refractivity contribution in [3.63, 3.8) is 0 Å². The summed E-state index contributed by atoms with van der Waals surface area (Å²) in [6, 6.07) is 11.2. The molecule has 0 aliphatic rings. The molecule has 4 heteroatoms. The molecule has 0 saturated carbocycles. The molecule has 0 bridgehead atoms. The smallest absolute Gasteiger partial charge is 0.126 e. The Hall–Kier alpha value is -2.36. The van der Waals surface area contributed by atoms with Gasteiger partial charge in [-0.3, -0.25) is 0 Å². The number of methoxy groups -OCH3 is 1. The third-order valence-electron chi connectivity index (χ3n) is 3.25. The van der Waals surface area contributed by atoms with E-state index in [1.54, 1.807) is 7.11 Å². The van der Waals surface area contributed by atoms with Crippen molar-refractivity contribution in [2.45, 2.75) is 6.54 Å². The molecule has 3 aromatic rings. The Morgan fingerprint density at radius 3 is 2.45 bits per heavy atom. The van der Waals surface area contributed by atoms with Gasteiger partial charge in [-0.15, -0.1) is 0 Å². The van der Waals surface area contributed by atoms with Crippen molar-refractivity contribution in [3.8, 4) is 5.75 Å². The van der Waals surface area contributed by atoms with Crippen LogP contribution in [0.3, 0.4) is 0 Å². The molecule has 1 aromatic heterocycles. The summed E-state index contributed by atoms with van der Waals surface area (Å²) in [4.78, 5) is 0. The Morgan fingerprint density at radius 1 is 1.00 bits per heavy atom. The molecule has 0 aliphatic heterocycles. The highest BCUT2D eigenvalue weighted by Gasteiger charge is 2.05. The molecule has 0 saturated heterocycles. The summed E-state index contributed by atoms with van der Waals surface area (Å²) in [7, 11) is 1.62. The molecule has 0 spiro atoms. The zero-order valence-corrected chi connectivity index (χ0v) is 10.9. The largest absolute Gasteiger partial charge is 0.497 e. The summed E-state index contributed by atoms with van der Waals surface area (Å²) in [6.45, 7) is 0.421. The van der Waals surface area contributed by atoms with Gasteiger partial charge in [0.1, 0.15) is 17.4 Å². The predicted octanol–water partition coefficient (Wildman–Crippen LogP) is 3.98. The lowest BCUT2D eigenvalue weighted by Crippen LogP contribution is -1.99. The zero-order valence-electron chi connectivity index (χ0n) is 10.9. The molecule has 2 aromatic carbocycles. The van der Waals surface area contributed by atoms with E-state index in [0.717, 1.165) is 22.7 Å². The Bertz CT molecular complexity index is 744. The van der Waals surface area contributed by atoms with Gasteiger partial charge in [0.2, 0.25) is 0 Å². The second-order valence-corrected chi connectivity index (χ2v) is 4.65. The monoisotopic (exact) mass is 273 g/mol. The lowest BCUT2D eigenvalue weighted by Gasteiger charge is -2.07. The molecule has 0 unspecified atom stereocenters. The van der Waals surface area contributed by atoms with Crippen LogP contribution in [-0.4, -0.2) is 11.7 Å². The van der Waals surface area contributed by atoms with E-state index in [1.807, 2.05) is 35.0 Å². The third kappa shape index (κ3) is 2.37. The first-order valence-electron chi connectivity index (χ1n) is 6.23. The number of halogens is 2. The van der Waals surface area contributed by atoms with Crippen LogP contribution in [0.15, 0.2) is 48.7 Å². The van der Waals surface area contributed by atoms with Crippen LogP contribution in [0, 0.1) is 11.6 Å². The summed E-state index contributed by atoms with van der Waals surface area (Å²) >= 11 is 0. The molecule has 102 valence electrons. The number of ether oxygens (including phenoxy) is 1. The van der Waals surface area contributed by atoms with Crippen molar-refractivity contribution < 1.29 is 13.5 Å². The van der Waals surface area contributed by atoms with Crippen LogP contribution in [0.5, 0.6) is 5.75 Å². The molecule has 0 fully saturated rings. The highest BCUT2D eigenvalue weighted by Crippen LogP contribution is 2.23. The van der Waals surface area contributed by atoms with Gasteiger partial charge in [0.25, 0.3) is 0 Å². The molecule has 0 radical (unpaired) electrons. The summed E-state index contributed by atoms with van der Waals surface area (Å²) in [5.41, 5.74) is 1.59. The molecule has 0 N–H and O–H groups in total. The second-order valence-electron chi connectivity index (χ2n) is 4.65.